The molecule has 0 spiro atoms. The summed E-state index contributed by atoms with van der Waals surface area (Å²) in [6, 6.07) is 3.99. The Morgan fingerprint density at radius 3 is 2.47 bits per heavy atom. The van der Waals surface area contributed by atoms with Crippen LogP contribution in [-0.4, -0.2) is 68.1 Å². The highest BCUT2D eigenvalue weighted by atomic mass is 35.5. The van der Waals surface area contributed by atoms with Crippen LogP contribution < -0.4 is 0 Å². The van der Waals surface area contributed by atoms with Gasteiger partial charge in [-0.2, -0.15) is 5.10 Å². The number of pyridine rings is 1. The van der Waals surface area contributed by atoms with E-state index in [1.807, 2.05) is 17.0 Å². The summed E-state index contributed by atoms with van der Waals surface area (Å²) in [7, 11) is 0. The van der Waals surface area contributed by atoms with Crippen LogP contribution >= 0.6 is 23.2 Å². The Labute approximate surface area is 184 Å². The topological polar surface area (TPSA) is 78.2 Å². The summed E-state index contributed by atoms with van der Waals surface area (Å²) in [5.41, 5.74) is 1.88. The van der Waals surface area contributed by atoms with E-state index in [4.69, 9.17) is 23.2 Å². The quantitative estimate of drug-likeness (QED) is 0.728. The van der Waals surface area contributed by atoms with Crippen molar-refractivity contribution in [3.05, 3.63) is 33.6 Å². The van der Waals surface area contributed by atoms with E-state index >= 15 is 0 Å². The van der Waals surface area contributed by atoms with Crippen molar-refractivity contribution in [1.29, 1.82) is 0 Å². The fraction of sp³-hybridized carbons (Fsp3) is 0.571. The summed E-state index contributed by atoms with van der Waals surface area (Å²) in [4.78, 5) is 29.2. The van der Waals surface area contributed by atoms with E-state index < -0.39 is 0 Å². The molecule has 0 unspecified atom stereocenters. The first-order chi connectivity index (χ1) is 14.4. The third-order valence-electron chi connectivity index (χ3n) is 6.56. The first-order valence-corrected chi connectivity index (χ1v) is 11.3. The van der Waals surface area contributed by atoms with Crippen molar-refractivity contribution in [1.82, 2.24) is 19.4 Å². The van der Waals surface area contributed by atoms with E-state index in [1.165, 1.54) is 9.42 Å². The molecule has 160 valence electrons. The van der Waals surface area contributed by atoms with Gasteiger partial charge in [-0.1, -0.05) is 23.2 Å². The predicted octanol–water partition coefficient (Wildman–Crippen LogP) is 3.11. The zero-order valence-electron chi connectivity index (χ0n) is 16.6. The van der Waals surface area contributed by atoms with E-state index in [-0.39, 0.29) is 41.2 Å². The highest BCUT2D eigenvalue weighted by Crippen LogP contribution is 2.42. The Morgan fingerprint density at radius 2 is 1.80 bits per heavy atom. The van der Waals surface area contributed by atoms with E-state index in [0.29, 0.717) is 29.7 Å². The second kappa shape index (κ2) is 7.70. The molecule has 30 heavy (non-hydrogen) atoms. The minimum atomic E-state index is -0.347. The molecule has 0 radical (unpaired) electrons. The molecular formula is C21H24Cl2N4O3. The van der Waals surface area contributed by atoms with Crippen LogP contribution in [0.3, 0.4) is 0 Å². The van der Waals surface area contributed by atoms with Gasteiger partial charge in [-0.25, -0.2) is 4.52 Å². The zero-order valence-corrected chi connectivity index (χ0v) is 18.1. The predicted molar refractivity (Wildman–Crippen MR) is 113 cm³/mol. The molecule has 3 fully saturated rings. The summed E-state index contributed by atoms with van der Waals surface area (Å²) in [6.45, 7) is 0.945. The third kappa shape index (κ3) is 3.57. The van der Waals surface area contributed by atoms with Gasteiger partial charge in [0.2, 0.25) is 5.91 Å². The van der Waals surface area contributed by atoms with Crippen LogP contribution in [0.4, 0.5) is 0 Å². The molecule has 7 nitrogen and oxygen atoms in total. The van der Waals surface area contributed by atoms with Crippen molar-refractivity contribution in [2.24, 2.45) is 0 Å². The maximum absolute atomic E-state index is 13.1. The number of aromatic nitrogens is 2. The highest BCUT2D eigenvalue weighted by molar-refractivity contribution is 6.37. The molecule has 3 aliphatic rings. The summed E-state index contributed by atoms with van der Waals surface area (Å²) in [5, 5.41) is 14.8. The molecule has 2 aliphatic carbocycles. The van der Waals surface area contributed by atoms with Gasteiger partial charge in [-0.05, 0) is 62.1 Å². The van der Waals surface area contributed by atoms with Crippen molar-refractivity contribution in [3.8, 4) is 0 Å². The number of aliphatic hydroxyl groups is 1. The van der Waals surface area contributed by atoms with Gasteiger partial charge < -0.3 is 14.9 Å². The van der Waals surface area contributed by atoms with Crippen LogP contribution in [0, 0.1) is 0 Å². The molecule has 2 amide bonds. The number of rotatable bonds is 3. The minimum Gasteiger partial charge on any atom is -0.393 e. The second-order valence-corrected chi connectivity index (χ2v) is 9.39. The van der Waals surface area contributed by atoms with Gasteiger partial charge in [-0.3, -0.25) is 9.59 Å². The van der Waals surface area contributed by atoms with Crippen LogP contribution in [-0.2, 0) is 4.79 Å². The van der Waals surface area contributed by atoms with Crippen molar-refractivity contribution < 1.29 is 14.7 Å². The van der Waals surface area contributed by atoms with Gasteiger partial charge in [-0.15, -0.1) is 0 Å². The van der Waals surface area contributed by atoms with Crippen LogP contribution in [0.2, 0.25) is 10.2 Å². The molecule has 2 aromatic heterocycles. The molecule has 0 atom stereocenters. The van der Waals surface area contributed by atoms with Crippen LogP contribution in [0.25, 0.3) is 5.52 Å². The summed E-state index contributed by atoms with van der Waals surface area (Å²) in [5.74, 6) is 0.0916. The van der Waals surface area contributed by atoms with Gasteiger partial charge in [0.05, 0.1) is 16.6 Å². The fourth-order valence-electron chi connectivity index (χ4n) is 4.65. The summed E-state index contributed by atoms with van der Waals surface area (Å²) in [6.07, 6.45) is 5.06. The lowest BCUT2D eigenvalue weighted by Crippen LogP contribution is -2.56. The molecule has 1 saturated heterocycles. The zero-order chi connectivity index (χ0) is 21.0. The summed E-state index contributed by atoms with van der Waals surface area (Å²) >= 11 is 12.9. The Hall–Kier alpha value is -1.83. The first kappa shape index (κ1) is 20.1. The number of halogens is 2. The van der Waals surface area contributed by atoms with Crippen LogP contribution in [0.15, 0.2) is 12.1 Å². The van der Waals surface area contributed by atoms with Gasteiger partial charge >= 0.3 is 0 Å². The van der Waals surface area contributed by atoms with Crippen molar-refractivity contribution in [2.45, 2.75) is 56.6 Å². The molecule has 0 aromatic carbocycles. The molecular weight excluding hydrogens is 427 g/mol. The monoisotopic (exact) mass is 450 g/mol. The number of carbonyl (C=O) groups excluding carboxylic acids is 2. The number of fused-ring (bicyclic) bond motifs is 1. The summed E-state index contributed by atoms with van der Waals surface area (Å²) < 4.78 is 1.49. The van der Waals surface area contributed by atoms with E-state index in [9.17, 15) is 14.7 Å². The lowest BCUT2D eigenvalue weighted by Gasteiger charge is -2.41. The van der Waals surface area contributed by atoms with Gasteiger partial charge in [0.25, 0.3) is 5.91 Å². The molecule has 5 rings (SSSR count). The second-order valence-electron chi connectivity index (χ2n) is 8.62. The highest BCUT2D eigenvalue weighted by Gasteiger charge is 2.35. The largest absolute Gasteiger partial charge is 0.393 e. The number of amides is 2. The molecule has 1 aliphatic heterocycles. The average Bonchev–Trinajstić information content (AvgIpc) is 3.53. The molecule has 1 N–H and O–H groups in total. The molecule has 9 heteroatoms. The minimum absolute atomic E-state index is 0.0170. The lowest BCUT2D eigenvalue weighted by atomic mass is 9.91. The number of hydrogen-bond acceptors (Lipinski definition) is 4. The van der Waals surface area contributed by atoms with Crippen LogP contribution in [0.5, 0.6) is 0 Å². The maximum Gasteiger partial charge on any atom is 0.276 e. The maximum atomic E-state index is 13.1. The average molecular weight is 451 g/mol. The normalized spacial score (nSPS) is 25.2. The van der Waals surface area contributed by atoms with E-state index in [1.54, 1.807) is 0 Å². The smallest absolute Gasteiger partial charge is 0.276 e. The van der Waals surface area contributed by atoms with Gasteiger partial charge in [0.1, 0.15) is 11.7 Å². The standard InChI is InChI=1S/C21H24Cl2N4O3/c22-17-10-13(12-1-2-12)9-16-19(23)20(24-27(16)17)21(30)25-7-8-26(18(29)11-25)14-3-5-15(28)6-4-14/h9-10,12,14-15,28H,1-8,11H2. The Morgan fingerprint density at radius 1 is 1.07 bits per heavy atom. The van der Waals surface area contributed by atoms with Crippen molar-refractivity contribution in [2.75, 3.05) is 19.6 Å². The Kier molecular flexibility index (Phi) is 5.16. The van der Waals surface area contributed by atoms with Gasteiger partial charge in [0.15, 0.2) is 5.69 Å². The third-order valence-corrected chi connectivity index (χ3v) is 7.20. The van der Waals surface area contributed by atoms with Crippen molar-refractivity contribution >= 4 is 40.5 Å². The first-order valence-electron chi connectivity index (χ1n) is 10.6. The number of aliphatic hydroxyl groups excluding tert-OH is 1. The molecule has 0 bridgehead atoms. The van der Waals surface area contributed by atoms with Gasteiger partial charge in [0, 0.05) is 19.1 Å². The Balaban J connectivity index is 1.34. The molecule has 2 aromatic rings. The van der Waals surface area contributed by atoms with Crippen LogP contribution in [0.1, 0.15) is 60.5 Å². The van der Waals surface area contributed by atoms with Crippen molar-refractivity contribution in [3.63, 3.8) is 0 Å². The molecule has 3 heterocycles. The number of nitrogens with zero attached hydrogens (tertiary/aromatic N) is 4. The number of carbonyl (C=O) groups is 2. The Bertz CT molecular complexity index is 1010. The number of piperazine rings is 1. The molecule has 2 saturated carbocycles. The number of hydrogen-bond donors (Lipinski definition) is 1. The van der Waals surface area contributed by atoms with E-state index in [2.05, 4.69) is 5.10 Å². The SMILES string of the molecule is O=C(c1nn2c(Cl)cc(C3CC3)cc2c1Cl)N1CCN(C2CCC(O)CC2)C(=O)C1. The fourth-order valence-corrected chi connectivity index (χ4v) is 5.16. The lowest BCUT2D eigenvalue weighted by molar-refractivity contribution is -0.138. The van der Waals surface area contributed by atoms with E-state index in [0.717, 1.165) is 44.1 Å².